The molecule has 3 fully saturated rings. The Morgan fingerprint density at radius 1 is 1.35 bits per heavy atom. The molecule has 0 radical (unpaired) electrons. The molecule has 26 heavy (non-hydrogen) atoms. The van der Waals surface area contributed by atoms with E-state index in [-0.39, 0.29) is 35.7 Å². The van der Waals surface area contributed by atoms with Crippen LogP contribution in [0.3, 0.4) is 0 Å². The summed E-state index contributed by atoms with van der Waals surface area (Å²) in [5, 5.41) is 2.93. The zero-order valence-corrected chi connectivity index (χ0v) is 15.2. The molecule has 0 bridgehead atoms. The number of carbonyl (C=O) groups is 2. The van der Waals surface area contributed by atoms with Crippen molar-refractivity contribution in [3.63, 3.8) is 0 Å². The maximum absolute atomic E-state index is 12.3. The molecule has 0 unspecified atom stereocenters. The fourth-order valence-electron chi connectivity index (χ4n) is 4.43. The van der Waals surface area contributed by atoms with Crippen LogP contribution < -0.4 is 5.32 Å². The molecule has 2 heterocycles. The Balaban J connectivity index is 1.38. The van der Waals surface area contributed by atoms with Crippen molar-refractivity contribution in [1.82, 2.24) is 5.32 Å². The van der Waals surface area contributed by atoms with Crippen LogP contribution in [-0.2, 0) is 30.3 Å². The van der Waals surface area contributed by atoms with Gasteiger partial charge in [0.25, 0.3) is 0 Å². The maximum Gasteiger partial charge on any atom is 0.222 e. The minimum absolute atomic E-state index is 0.0514. The van der Waals surface area contributed by atoms with Crippen molar-refractivity contribution in [1.29, 1.82) is 0 Å². The highest BCUT2D eigenvalue weighted by Crippen LogP contribution is 2.58. The van der Waals surface area contributed by atoms with Gasteiger partial charge in [-0.15, -0.1) is 0 Å². The Kier molecular flexibility index (Phi) is 4.37. The van der Waals surface area contributed by atoms with Gasteiger partial charge in [-0.3, -0.25) is 9.59 Å². The van der Waals surface area contributed by atoms with Crippen LogP contribution in [0, 0.1) is 5.92 Å². The van der Waals surface area contributed by atoms with Gasteiger partial charge in [0.1, 0.15) is 17.3 Å². The minimum atomic E-state index is -0.558. The Hall–Kier alpha value is -1.76. The van der Waals surface area contributed by atoms with Gasteiger partial charge in [0.15, 0.2) is 5.78 Å². The molecule has 1 saturated carbocycles. The summed E-state index contributed by atoms with van der Waals surface area (Å²) in [7, 11) is 1.56. The van der Waals surface area contributed by atoms with Gasteiger partial charge in [0, 0.05) is 20.1 Å². The summed E-state index contributed by atoms with van der Waals surface area (Å²) in [6.45, 7) is 3.11. The summed E-state index contributed by atoms with van der Waals surface area (Å²) in [6.07, 6.45) is 0.734. The van der Waals surface area contributed by atoms with E-state index in [0.29, 0.717) is 26.0 Å². The molecule has 0 aromatic heterocycles. The number of methoxy groups -OCH3 is 1. The number of hydrogen-bond acceptors (Lipinski definition) is 5. The number of hydrogen-bond donors (Lipinski definition) is 1. The predicted molar refractivity (Wildman–Crippen MR) is 93.4 cm³/mol. The lowest BCUT2D eigenvalue weighted by atomic mass is 9.69. The Morgan fingerprint density at radius 3 is 2.73 bits per heavy atom. The van der Waals surface area contributed by atoms with E-state index < -0.39 is 11.7 Å². The van der Waals surface area contributed by atoms with Crippen molar-refractivity contribution < 1.29 is 23.8 Å². The molecule has 1 aromatic rings. The Labute approximate surface area is 153 Å². The average Bonchev–Trinajstić information content (AvgIpc) is 3.55. The van der Waals surface area contributed by atoms with Crippen molar-refractivity contribution in [2.75, 3.05) is 13.7 Å². The van der Waals surface area contributed by atoms with Crippen LogP contribution in [0.15, 0.2) is 30.3 Å². The van der Waals surface area contributed by atoms with Crippen molar-refractivity contribution in [3.8, 4) is 0 Å². The molecule has 1 aliphatic carbocycles. The summed E-state index contributed by atoms with van der Waals surface area (Å²) in [5.74, 6) is -0.111. The molecular weight excluding hydrogens is 334 g/mol. The second-order valence-electron chi connectivity index (χ2n) is 7.71. The number of Topliss-reactive ketones (excluding diaryl/α,β-unsaturated/α-hetero) is 1. The Morgan fingerprint density at radius 2 is 2.08 bits per heavy atom. The van der Waals surface area contributed by atoms with Crippen LogP contribution in [0.5, 0.6) is 0 Å². The molecule has 1 N–H and O–H groups in total. The standard InChI is InChI=1S/C20H25NO5/c1-19(18-17(24-2)14(22)8-9-20(18)12-25-20)15(26-19)10-16(23)21-11-13-6-4-3-5-7-13/h3-7,15,17-18H,8-12H2,1-2H3,(H,21,23)/t15-,17-,18-,19-,20+/m1/s1. The topological polar surface area (TPSA) is 80.5 Å². The number of ether oxygens (including phenoxy) is 3. The predicted octanol–water partition coefficient (Wildman–Crippen LogP) is 1.61. The highest BCUT2D eigenvalue weighted by atomic mass is 16.6. The lowest BCUT2D eigenvalue weighted by Crippen LogP contribution is -2.53. The first-order valence-electron chi connectivity index (χ1n) is 9.16. The van der Waals surface area contributed by atoms with E-state index in [9.17, 15) is 9.59 Å². The number of amides is 1. The molecule has 140 valence electrons. The van der Waals surface area contributed by atoms with Crippen LogP contribution in [0.2, 0.25) is 0 Å². The second kappa shape index (κ2) is 6.44. The molecular formula is C20H25NO5. The smallest absolute Gasteiger partial charge is 0.222 e. The molecule has 2 aliphatic heterocycles. The van der Waals surface area contributed by atoms with Crippen LogP contribution in [0.25, 0.3) is 0 Å². The molecule has 5 atom stereocenters. The summed E-state index contributed by atoms with van der Waals surface area (Å²) in [6, 6.07) is 9.79. The summed E-state index contributed by atoms with van der Waals surface area (Å²) in [5.41, 5.74) is 0.179. The van der Waals surface area contributed by atoms with Crippen molar-refractivity contribution >= 4 is 11.7 Å². The van der Waals surface area contributed by atoms with Crippen LogP contribution in [-0.4, -0.2) is 48.8 Å². The third-order valence-electron chi connectivity index (χ3n) is 6.05. The van der Waals surface area contributed by atoms with Crippen LogP contribution in [0.4, 0.5) is 0 Å². The largest absolute Gasteiger partial charge is 0.373 e. The third kappa shape index (κ3) is 3.06. The number of rotatable bonds is 6. The van der Waals surface area contributed by atoms with E-state index in [0.717, 1.165) is 5.56 Å². The van der Waals surface area contributed by atoms with E-state index in [2.05, 4.69) is 5.32 Å². The van der Waals surface area contributed by atoms with E-state index in [1.807, 2.05) is 37.3 Å². The first-order valence-corrected chi connectivity index (χ1v) is 9.16. The minimum Gasteiger partial charge on any atom is -0.373 e. The van der Waals surface area contributed by atoms with Gasteiger partial charge in [-0.25, -0.2) is 0 Å². The summed E-state index contributed by atoms with van der Waals surface area (Å²) >= 11 is 0. The monoisotopic (exact) mass is 359 g/mol. The number of benzene rings is 1. The molecule has 1 aromatic carbocycles. The maximum atomic E-state index is 12.3. The van der Waals surface area contributed by atoms with Gasteiger partial charge in [0.05, 0.1) is 25.0 Å². The number of epoxide rings is 2. The van der Waals surface area contributed by atoms with Crippen molar-refractivity contribution in [3.05, 3.63) is 35.9 Å². The zero-order chi connectivity index (χ0) is 18.4. The zero-order valence-electron chi connectivity index (χ0n) is 15.2. The number of carbonyl (C=O) groups excluding carboxylic acids is 2. The average molecular weight is 359 g/mol. The highest BCUT2D eigenvalue weighted by Gasteiger charge is 2.72. The van der Waals surface area contributed by atoms with Gasteiger partial charge in [-0.05, 0) is 18.9 Å². The lowest BCUT2D eigenvalue weighted by Gasteiger charge is -2.37. The van der Waals surface area contributed by atoms with Crippen LogP contribution in [0.1, 0.15) is 31.7 Å². The second-order valence-corrected chi connectivity index (χ2v) is 7.71. The summed E-state index contributed by atoms with van der Waals surface area (Å²) < 4.78 is 17.2. The molecule has 6 heteroatoms. The SMILES string of the molecule is CO[C@@H]1C(=O)CC[C@]2(CO2)[C@H]1[C@]1(C)O[C@@H]1CC(=O)NCc1ccccc1. The van der Waals surface area contributed by atoms with E-state index in [4.69, 9.17) is 14.2 Å². The summed E-state index contributed by atoms with van der Waals surface area (Å²) in [4.78, 5) is 24.6. The van der Waals surface area contributed by atoms with Gasteiger partial charge in [0.2, 0.25) is 5.91 Å². The fourth-order valence-corrected chi connectivity index (χ4v) is 4.43. The quantitative estimate of drug-likeness (QED) is 0.781. The molecule has 6 nitrogen and oxygen atoms in total. The van der Waals surface area contributed by atoms with Crippen molar-refractivity contribution in [2.24, 2.45) is 5.92 Å². The normalized spacial score (nSPS) is 38.2. The van der Waals surface area contributed by atoms with Gasteiger partial charge >= 0.3 is 0 Å². The van der Waals surface area contributed by atoms with E-state index in [1.165, 1.54) is 0 Å². The first-order chi connectivity index (χ1) is 12.5. The molecule has 1 spiro atoms. The third-order valence-corrected chi connectivity index (χ3v) is 6.05. The van der Waals surface area contributed by atoms with Crippen LogP contribution >= 0.6 is 0 Å². The highest BCUT2D eigenvalue weighted by molar-refractivity contribution is 5.85. The number of ketones is 1. The van der Waals surface area contributed by atoms with E-state index in [1.54, 1.807) is 7.11 Å². The van der Waals surface area contributed by atoms with Gasteiger partial charge in [-0.1, -0.05) is 30.3 Å². The lowest BCUT2D eigenvalue weighted by molar-refractivity contribution is -0.142. The molecule has 4 rings (SSSR count). The molecule has 2 saturated heterocycles. The van der Waals surface area contributed by atoms with Gasteiger partial charge < -0.3 is 19.5 Å². The number of nitrogens with one attached hydrogen (secondary N) is 1. The first kappa shape index (κ1) is 17.6. The fraction of sp³-hybridized carbons (Fsp3) is 0.600. The van der Waals surface area contributed by atoms with Crippen molar-refractivity contribution in [2.45, 2.75) is 56.1 Å². The molecule has 3 aliphatic rings. The van der Waals surface area contributed by atoms with E-state index >= 15 is 0 Å². The Bertz CT molecular complexity index is 701. The molecule has 1 amide bonds. The van der Waals surface area contributed by atoms with Gasteiger partial charge in [-0.2, -0.15) is 0 Å².